The molecule has 2 unspecified atom stereocenters. The van der Waals surface area contributed by atoms with Crippen LogP contribution < -0.4 is 25.6 Å². The van der Waals surface area contributed by atoms with Gasteiger partial charge < -0.3 is 24.6 Å². The Morgan fingerprint density at radius 3 is 2.38 bits per heavy atom. The van der Waals surface area contributed by atoms with Gasteiger partial charge in [0, 0.05) is 28.9 Å². The van der Waals surface area contributed by atoms with Gasteiger partial charge in [0.1, 0.15) is 29.3 Å². The second-order valence-corrected chi connectivity index (χ2v) is 13.7. The number of amides is 4. The van der Waals surface area contributed by atoms with E-state index in [1.165, 1.54) is 17.3 Å². The van der Waals surface area contributed by atoms with Gasteiger partial charge in [-0.25, -0.2) is 28.7 Å². The first kappa shape index (κ1) is 33.6. The molecule has 5 rings (SSSR count). The highest BCUT2D eigenvalue weighted by Gasteiger charge is 2.33. The minimum atomic E-state index is -0.878. The van der Waals surface area contributed by atoms with Crippen LogP contribution in [0.5, 0.6) is 5.88 Å². The van der Waals surface area contributed by atoms with Crippen molar-refractivity contribution in [3.05, 3.63) is 35.9 Å². The van der Waals surface area contributed by atoms with Gasteiger partial charge in [0.15, 0.2) is 5.82 Å². The number of rotatable bonds is 4. The number of benzene rings is 1. The normalized spacial score (nSPS) is 17.9. The molecule has 2 aliphatic rings. The first-order chi connectivity index (χ1) is 22.0. The smallest absolute Gasteiger partial charge is 0.415 e. The molecule has 1 fully saturated rings. The summed E-state index contributed by atoms with van der Waals surface area (Å²) in [7, 11) is 0. The number of pyridine rings is 2. The third-order valence-electron chi connectivity index (χ3n) is 7.62. The molecule has 13 nitrogen and oxygen atoms in total. The fraction of sp³-hybridized carbons (Fsp3) is 0.485. The molecule has 1 aromatic carbocycles. The van der Waals surface area contributed by atoms with Crippen LogP contribution in [0.15, 0.2) is 24.5 Å². The van der Waals surface area contributed by atoms with Gasteiger partial charge in [-0.15, -0.1) is 0 Å². The number of carbonyl (C=O) groups is 3. The fourth-order valence-electron chi connectivity index (χ4n) is 5.60. The second-order valence-electron chi connectivity index (χ2n) is 13.7. The molecule has 47 heavy (non-hydrogen) atoms. The number of carbonyl (C=O) groups excluding carboxylic acids is 3. The van der Waals surface area contributed by atoms with E-state index < -0.39 is 41.3 Å². The van der Waals surface area contributed by atoms with E-state index in [-0.39, 0.29) is 47.5 Å². The number of aliphatic hydroxyl groups excluding tert-OH is 1. The summed E-state index contributed by atoms with van der Waals surface area (Å²) < 4.78 is 33.3. The van der Waals surface area contributed by atoms with E-state index in [1.807, 2.05) is 0 Å². The Kier molecular flexibility index (Phi) is 9.18. The van der Waals surface area contributed by atoms with Gasteiger partial charge >= 0.3 is 18.2 Å². The zero-order chi connectivity index (χ0) is 34.3. The van der Waals surface area contributed by atoms with Crippen LogP contribution in [-0.2, 0) is 9.47 Å². The minimum absolute atomic E-state index is 0.0572. The number of urea groups is 1. The maximum atomic E-state index is 16.6. The molecule has 2 atom stereocenters. The number of anilines is 3. The molecule has 4 N–H and O–H groups in total. The van der Waals surface area contributed by atoms with E-state index in [4.69, 9.17) is 14.2 Å². The molecule has 1 aliphatic carbocycles. The molecule has 14 heteroatoms. The Bertz CT molecular complexity index is 1720. The Hall–Kier alpha value is -4.72. The van der Waals surface area contributed by atoms with Crippen molar-refractivity contribution >= 4 is 46.2 Å². The van der Waals surface area contributed by atoms with Gasteiger partial charge in [0.25, 0.3) is 0 Å². The molecule has 2 aromatic heterocycles. The highest BCUT2D eigenvalue weighted by atomic mass is 19.1. The summed E-state index contributed by atoms with van der Waals surface area (Å²) in [4.78, 5) is 48.9. The fourth-order valence-corrected chi connectivity index (χ4v) is 5.60. The van der Waals surface area contributed by atoms with Gasteiger partial charge in [0.05, 0.1) is 24.4 Å². The summed E-state index contributed by atoms with van der Waals surface area (Å²) in [5.74, 6) is -0.428. The summed E-state index contributed by atoms with van der Waals surface area (Å²) in [6, 6.07) is 2.17. The molecule has 0 radical (unpaired) electrons. The van der Waals surface area contributed by atoms with Gasteiger partial charge in [-0.05, 0) is 90.8 Å². The SMILES string of the molecule is Cc1c(-c2cc3cc(NC(=O)NC4CCCC4O)ncc3c(NC(=O)OC(C)(C)C)c2F)cnc2c1N(C(=O)OC(C)(C)C)CCO2. The van der Waals surface area contributed by atoms with Crippen LogP contribution >= 0.6 is 0 Å². The molecule has 1 aliphatic heterocycles. The first-order valence-electron chi connectivity index (χ1n) is 15.5. The van der Waals surface area contributed by atoms with Crippen molar-refractivity contribution in [3.63, 3.8) is 0 Å². The molecule has 0 spiro atoms. The highest BCUT2D eigenvalue weighted by Crippen LogP contribution is 2.42. The second kappa shape index (κ2) is 12.8. The Morgan fingerprint density at radius 1 is 1.00 bits per heavy atom. The van der Waals surface area contributed by atoms with Crippen LogP contribution in [0.3, 0.4) is 0 Å². The van der Waals surface area contributed by atoms with Crippen molar-refractivity contribution in [1.82, 2.24) is 15.3 Å². The largest absolute Gasteiger partial charge is 0.474 e. The molecule has 3 aromatic rings. The van der Waals surface area contributed by atoms with Crippen molar-refractivity contribution in [2.45, 2.75) is 91.1 Å². The number of hydrogen-bond donors (Lipinski definition) is 4. The Labute approximate surface area is 272 Å². The zero-order valence-corrected chi connectivity index (χ0v) is 27.6. The molecule has 3 heterocycles. The maximum Gasteiger partial charge on any atom is 0.415 e. The predicted octanol–water partition coefficient (Wildman–Crippen LogP) is 6.26. The number of fused-ring (bicyclic) bond motifs is 2. The average molecular weight is 653 g/mol. The topological polar surface area (TPSA) is 164 Å². The number of hydrogen-bond acceptors (Lipinski definition) is 9. The van der Waals surface area contributed by atoms with E-state index in [1.54, 1.807) is 60.6 Å². The lowest BCUT2D eigenvalue weighted by atomic mass is 9.96. The molecule has 1 saturated carbocycles. The summed E-state index contributed by atoms with van der Waals surface area (Å²) in [5.41, 5.74) is -0.587. The monoisotopic (exact) mass is 652 g/mol. The van der Waals surface area contributed by atoms with Crippen molar-refractivity contribution in [3.8, 4) is 17.0 Å². The van der Waals surface area contributed by atoms with Crippen molar-refractivity contribution in [2.24, 2.45) is 0 Å². The lowest BCUT2D eigenvalue weighted by Crippen LogP contribution is -2.42. The number of ether oxygens (including phenoxy) is 3. The quantitative estimate of drug-likeness (QED) is 0.255. The first-order valence-corrected chi connectivity index (χ1v) is 15.5. The van der Waals surface area contributed by atoms with Crippen LogP contribution in [0, 0.1) is 12.7 Å². The van der Waals surface area contributed by atoms with Gasteiger partial charge in [-0.1, -0.05) is 0 Å². The van der Waals surface area contributed by atoms with Crippen LogP contribution in [0.1, 0.15) is 66.4 Å². The summed E-state index contributed by atoms with van der Waals surface area (Å²) in [5, 5.41) is 18.7. The summed E-state index contributed by atoms with van der Waals surface area (Å²) in [6.07, 6.45) is 2.76. The van der Waals surface area contributed by atoms with Crippen molar-refractivity contribution in [2.75, 3.05) is 28.7 Å². The zero-order valence-electron chi connectivity index (χ0n) is 27.6. The molecular weight excluding hydrogens is 611 g/mol. The molecule has 252 valence electrons. The van der Waals surface area contributed by atoms with E-state index in [2.05, 4.69) is 25.9 Å². The standard InChI is InChI=1S/C33H41FN6O7/c1-17-20(15-36-28-27(17)40(11-12-45-28)31(44)47-33(5,6)7)19-13-18-14-24(38-29(42)37-22-9-8-10-23(22)41)35-16-21(18)26(25(19)34)39-30(43)46-32(2,3)4/h13-16,22-23,41H,8-12H2,1-7H3,(H,39,43)(H2,35,37,38,42). The van der Waals surface area contributed by atoms with E-state index in [0.717, 1.165) is 6.42 Å². The third-order valence-corrected chi connectivity index (χ3v) is 7.62. The average Bonchev–Trinajstić information content (AvgIpc) is 3.36. The summed E-state index contributed by atoms with van der Waals surface area (Å²) >= 11 is 0. The maximum absolute atomic E-state index is 16.6. The molecular formula is C33H41FN6O7. The van der Waals surface area contributed by atoms with Crippen LogP contribution in [0.4, 0.5) is 36.0 Å². The highest BCUT2D eigenvalue weighted by molar-refractivity contribution is 6.05. The van der Waals surface area contributed by atoms with E-state index in [0.29, 0.717) is 35.0 Å². The Balaban J connectivity index is 1.59. The van der Waals surface area contributed by atoms with Crippen LogP contribution in [0.25, 0.3) is 21.9 Å². The van der Waals surface area contributed by atoms with Crippen LogP contribution in [-0.4, -0.2) is 69.8 Å². The number of aromatic nitrogens is 2. The van der Waals surface area contributed by atoms with Gasteiger partial charge in [0.2, 0.25) is 5.88 Å². The van der Waals surface area contributed by atoms with Crippen molar-refractivity contribution < 1.29 is 38.1 Å². The molecule has 4 amide bonds. The van der Waals surface area contributed by atoms with E-state index in [9.17, 15) is 19.5 Å². The number of halogens is 1. The lowest BCUT2D eigenvalue weighted by Gasteiger charge is -2.32. The lowest BCUT2D eigenvalue weighted by molar-refractivity contribution is 0.0564. The Morgan fingerprint density at radius 2 is 1.72 bits per heavy atom. The number of nitrogens with one attached hydrogen (secondary N) is 3. The summed E-state index contributed by atoms with van der Waals surface area (Å²) in [6.45, 7) is 12.5. The molecule has 0 bridgehead atoms. The van der Waals surface area contributed by atoms with E-state index >= 15 is 4.39 Å². The minimum Gasteiger partial charge on any atom is -0.474 e. The van der Waals surface area contributed by atoms with Crippen molar-refractivity contribution in [1.29, 1.82) is 0 Å². The van der Waals surface area contributed by atoms with Crippen LogP contribution in [0.2, 0.25) is 0 Å². The van der Waals surface area contributed by atoms with Gasteiger partial charge in [-0.2, -0.15) is 0 Å². The van der Waals surface area contributed by atoms with Gasteiger partial charge in [-0.3, -0.25) is 15.5 Å². The number of nitrogens with zero attached hydrogens (tertiary/aromatic N) is 3. The number of aliphatic hydroxyl groups is 1. The third kappa shape index (κ3) is 7.64. The predicted molar refractivity (Wildman–Crippen MR) is 174 cm³/mol. The molecule has 0 saturated heterocycles.